The van der Waals surface area contributed by atoms with E-state index in [1.54, 1.807) is 25.4 Å². The number of alkyl halides is 1. The molecule has 0 atom stereocenters. The minimum atomic E-state index is -0.573. The Hall–Kier alpha value is -2.52. The number of thiazole rings is 1. The molecule has 0 aliphatic carbocycles. The van der Waals surface area contributed by atoms with Crippen molar-refractivity contribution in [2.75, 3.05) is 13.7 Å². The number of nitrogens with one attached hydrogen (secondary N) is 1. The highest BCUT2D eigenvalue weighted by molar-refractivity contribution is 7.10. The number of nitrogens with zero attached hydrogens (tertiary/aromatic N) is 3. The van der Waals surface area contributed by atoms with E-state index in [-0.39, 0.29) is 0 Å². The maximum atomic E-state index is 12.2. The summed E-state index contributed by atoms with van der Waals surface area (Å²) in [5.41, 5.74) is 1.14. The minimum Gasteiger partial charge on any atom is -0.340 e. The Morgan fingerprint density at radius 3 is 3.00 bits per heavy atom. The minimum absolute atomic E-state index is 0.512. The molecule has 0 amide bonds. The summed E-state index contributed by atoms with van der Waals surface area (Å²) in [5.74, 6) is 2.89. The van der Waals surface area contributed by atoms with Gasteiger partial charge in [0, 0.05) is 36.5 Å². The van der Waals surface area contributed by atoms with E-state index in [0.29, 0.717) is 17.2 Å². The lowest BCUT2D eigenvalue weighted by atomic mass is 10.3. The lowest BCUT2D eigenvalue weighted by Gasteiger charge is -2.07. The van der Waals surface area contributed by atoms with Crippen LogP contribution in [-0.2, 0) is 0 Å². The summed E-state index contributed by atoms with van der Waals surface area (Å²) in [5, 5.41) is 5.57. The summed E-state index contributed by atoms with van der Waals surface area (Å²) in [6, 6.07) is 0. The molecular formula is C15H15FN4S. The first-order valence-electron chi connectivity index (χ1n) is 5.96. The third kappa shape index (κ3) is 5.55. The van der Waals surface area contributed by atoms with Crippen LogP contribution >= 0.6 is 11.3 Å². The number of halogens is 1. The first-order chi connectivity index (χ1) is 10.2. The van der Waals surface area contributed by atoms with Gasteiger partial charge in [-0.25, -0.2) is 9.37 Å². The van der Waals surface area contributed by atoms with E-state index in [2.05, 4.69) is 32.9 Å². The van der Waals surface area contributed by atoms with Crippen molar-refractivity contribution in [3.63, 3.8) is 0 Å². The van der Waals surface area contributed by atoms with E-state index in [9.17, 15) is 4.39 Å². The molecule has 108 valence electrons. The van der Waals surface area contributed by atoms with Crippen molar-refractivity contribution in [1.29, 1.82) is 0 Å². The third-order valence-electron chi connectivity index (χ3n) is 2.23. The monoisotopic (exact) mass is 302 g/mol. The normalized spacial score (nSPS) is 13.3. The van der Waals surface area contributed by atoms with Crippen LogP contribution in [0, 0.1) is 12.3 Å². The van der Waals surface area contributed by atoms with E-state index in [1.807, 2.05) is 5.38 Å². The van der Waals surface area contributed by atoms with Crippen molar-refractivity contribution in [3.05, 3.63) is 46.6 Å². The molecule has 1 aromatic heterocycles. The van der Waals surface area contributed by atoms with E-state index < -0.39 is 6.67 Å². The molecule has 1 aromatic rings. The van der Waals surface area contributed by atoms with Gasteiger partial charge >= 0.3 is 0 Å². The van der Waals surface area contributed by atoms with Gasteiger partial charge in [-0.2, -0.15) is 0 Å². The molecule has 1 heterocycles. The summed E-state index contributed by atoms with van der Waals surface area (Å²) >= 11 is 1.44. The second-order valence-corrected chi connectivity index (χ2v) is 4.48. The molecular weight excluding hydrogens is 287 g/mol. The zero-order valence-corrected chi connectivity index (χ0v) is 12.4. The van der Waals surface area contributed by atoms with Crippen LogP contribution in [0.2, 0.25) is 0 Å². The van der Waals surface area contributed by atoms with Gasteiger partial charge in [0.2, 0.25) is 0 Å². The molecule has 0 aromatic carbocycles. The Balaban J connectivity index is 2.98. The van der Waals surface area contributed by atoms with Gasteiger partial charge in [-0.1, -0.05) is 12.0 Å². The lowest BCUT2D eigenvalue weighted by Crippen LogP contribution is -2.20. The summed E-state index contributed by atoms with van der Waals surface area (Å²) in [6.07, 6.45) is 13.0. The molecule has 0 saturated carbocycles. The highest BCUT2D eigenvalue weighted by Gasteiger charge is 2.04. The Bertz CT molecular complexity index is 619. The Morgan fingerprint density at radius 2 is 2.48 bits per heavy atom. The van der Waals surface area contributed by atoms with Crippen LogP contribution in [0.4, 0.5) is 4.39 Å². The van der Waals surface area contributed by atoms with Gasteiger partial charge < -0.3 is 5.32 Å². The van der Waals surface area contributed by atoms with Gasteiger partial charge in [0.1, 0.15) is 23.2 Å². The van der Waals surface area contributed by atoms with Crippen molar-refractivity contribution in [3.8, 4) is 12.3 Å². The quantitative estimate of drug-likeness (QED) is 0.380. The van der Waals surface area contributed by atoms with Crippen LogP contribution in [0.25, 0.3) is 5.70 Å². The van der Waals surface area contributed by atoms with Crippen molar-refractivity contribution < 1.29 is 4.39 Å². The van der Waals surface area contributed by atoms with Crippen molar-refractivity contribution in [1.82, 2.24) is 10.3 Å². The van der Waals surface area contributed by atoms with Crippen molar-refractivity contribution in [2.24, 2.45) is 9.98 Å². The number of amidine groups is 1. The molecule has 0 unspecified atom stereocenters. The predicted molar refractivity (Wildman–Crippen MR) is 88.2 cm³/mol. The molecule has 0 aliphatic heterocycles. The highest BCUT2D eigenvalue weighted by atomic mass is 32.1. The molecule has 1 N–H and O–H groups in total. The number of allylic oxidation sites excluding steroid dienone is 3. The van der Waals surface area contributed by atoms with Gasteiger partial charge in [-0.05, 0) is 12.8 Å². The fraction of sp³-hybridized carbons (Fsp3) is 0.133. The Kier molecular flexibility index (Phi) is 7.40. The van der Waals surface area contributed by atoms with Gasteiger partial charge in [0.25, 0.3) is 0 Å². The summed E-state index contributed by atoms with van der Waals surface area (Å²) < 4.78 is 12.2. The molecule has 0 radical (unpaired) electrons. The van der Waals surface area contributed by atoms with E-state index >= 15 is 0 Å². The average molecular weight is 302 g/mol. The number of terminal acetylenes is 1. The number of rotatable bonds is 6. The SMILES string of the molecule is C#C/C=C(\C=C/CF)NC(/C=C(\N=C)c1nccs1)=NC. The molecule has 0 aliphatic rings. The molecule has 0 saturated heterocycles. The van der Waals surface area contributed by atoms with Gasteiger partial charge in [0.05, 0.1) is 0 Å². The Morgan fingerprint density at radius 1 is 1.67 bits per heavy atom. The van der Waals surface area contributed by atoms with Crippen molar-refractivity contribution in [2.45, 2.75) is 0 Å². The third-order valence-corrected chi connectivity index (χ3v) is 3.03. The number of aromatic nitrogens is 1. The van der Waals surface area contributed by atoms with Gasteiger partial charge in [0.15, 0.2) is 0 Å². The van der Waals surface area contributed by atoms with Crippen LogP contribution in [-0.4, -0.2) is 31.3 Å². The van der Waals surface area contributed by atoms with Crippen LogP contribution < -0.4 is 5.32 Å². The second kappa shape index (κ2) is 9.39. The van der Waals surface area contributed by atoms with E-state index in [4.69, 9.17) is 6.42 Å². The zero-order chi connectivity index (χ0) is 15.5. The summed E-state index contributed by atoms with van der Waals surface area (Å²) in [4.78, 5) is 12.2. The molecule has 6 heteroatoms. The van der Waals surface area contributed by atoms with Gasteiger partial charge in [-0.3, -0.25) is 9.98 Å². The first kappa shape index (κ1) is 16.5. The molecule has 0 fully saturated rings. The van der Waals surface area contributed by atoms with Crippen LogP contribution in [0.3, 0.4) is 0 Å². The maximum absolute atomic E-state index is 12.2. The van der Waals surface area contributed by atoms with E-state index in [0.717, 1.165) is 5.01 Å². The molecule has 1 rings (SSSR count). The number of hydrogen-bond acceptors (Lipinski definition) is 4. The smallest absolute Gasteiger partial charge is 0.141 e. The second-order valence-electron chi connectivity index (χ2n) is 3.58. The van der Waals surface area contributed by atoms with Crippen LogP contribution in [0.15, 0.2) is 51.6 Å². The Labute approximate surface area is 127 Å². The average Bonchev–Trinajstić information content (AvgIpc) is 3.03. The number of aliphatic imine (C=N–C) groups is 2. The van der Waals surface area contributed by atoms with Crippen molar-refractivity contribution >= 4 is 29.6 Å². The molecule has 0 bridgehead atoms. The van der Waals surface area contributed by atoms with Crippen LogP contribution in [0.1, 0.15) is 5.01 Å². The highest BCUT2D eigenvalue weighted by Crippen LogP contribution is 2.17. The molecule has 21 heavy (non-hydrogen) atoms. The summed E-state index contributed by atoms with van der Waals surface area (Å²) in [6.45, 7) is 2.95. The fourth-order valence-electron chi connectivity index (χ4n) is 1.35. The fourth-order valence-corrected chi connectivity index (χ4v) is 1.96. The topological polar surface area (TPSA) is 49.6 Å². The lowest BCUT2D eigenvalue weighted by molar-refractivity contribution is 0.561. The standard InChI is InChI=1S/C15H15FN4S/c1-4-6-12(7-5-8-16)20-14(18-3)11-13(17-2)15-19-9-10-21-15/h1,5-7,9-11H,2,8H2,3H3,(H,18,20)/b7-5-,12-6+,13-11-. The molecule has 4 nitrogen and oxygen atoms in total. The van der Waals surface area contributed by atoms with Gasteiger partial charge in [-0.15, -0.1) is 17.8 Å². The maximum Gasteiger partial charge on any atom is 0.141 e. The number of hydrogen-bond donors (Lipinski definition) is 1. The van der Waals surface area contributed by atoms with E-state index in [1.165, 1.54) is 23.5 Å². The first-order valence-corrected chi connectivity index (χ1v) is 6.84. The predicted octanol–water partition coefficient (Wildman–Crippen LogP) is 2.85. The van der Waals surface area contributed by atoms with Crippen LogP contribution in [0.5, 0.6) is 0 Å². The molecule has 0 spiro atoms. The largest absolute Gasteiger partial charge is 0.340 e. The zero-order valence-electron chi connectivity index (χ0n) is 11.6. The summed E-state index contributed by atoms with van der Waals surface area (Å²) in [7, 11) is 1.62.